The largest absolute Gasteiger partial charge is 0.395 e. The van der Waals surface area contributed by atoms with E-state index in [-0.39, 0.29) is 10.6 Å². The first-order chi connectivity index (χ1) is 6.59. The van der Waals surface area contributed by atoms with Gasteiger partial charge in [0.15, 0.2) is 0 Å². The third-order valence-corrected chi connectivity index (χ3v) is 3.10. The maximum atomic E-state index is 13.0. The summed E-state index contributed by atoms with van der Waals surface area (Å²) >= 11 is 0.831. The third kappa shape index (κ3) is 1.33. The average molecular weight is 217 g/mol. The van der Waals surface area contributed by atoms with Gasteiger partial charge in [0.25, 0.3) is 6.43 Å². The summed E-state index contributed by atoms with van der Waals surface area (Å²) in [6.07, 6.45) is -2.53. The number of rotatable bonds is 1. The molecular weight excluding hydrogens is 211 g/mol. The molecule has 0 radical (unpaired) electrons. The second-order valence-electron chi connectivity index (χ2n) is 2.83. The Kier molecular flexibility index (Phi) is 2.11. The van der Waals surface area contributed by atoms with Crippen molar-refractivity contribution in [3.8, 4) is 0 Å². The lowest BCUT2D eigenvalue weighted by atomic mass is 10.2. The van der Waals surface area contributed by atoms with Gasteiger partial charge in [0, 0.05) is 0 Å². The number of nitrogen functional groups attached to an aromatic ring is 1. The van der Waals surface area contributed by atoms with Crippen molar-refractivity contribution in [1.29, 1.82) is 0 Å². The number of thiophene rings is 1. The summed E-state index contributed by atoms with van der Waals surface area (Å²) < 4.78 is 38.0. The topological polar surface area (TPSA) is 26.0 Å². The molecule has 5 heteroatoms. The number of alkyl halides is 2. The fourth-order valence-corrected chi connectivity index (χ4v) is 2.19. The molecule has 1 nitrogen and oxygen atoms in total. The molecule has 14 heavy (non-hydrogen) atoms. The predicted octanol–water partition coefficient (Wildman–Crippen LogP) is 3.56. The van der Waals surface area contributed by atoms with Gasteiger partial charge in [-0.05, 0) is 17.5 Å². The Morgan fingerprint density at radius 3 is 2.64 bits per heavy atom. The summed E-state index contributed by atoms with van der Waals surface area (Å²) in [7, 11) is 0. The number of anilines is 1. The fraction of sp³-hybridized carbons (Fsp3) is 0.111. The molecule has 0 bridgehead atoms. The smallest absolute Gasteiger partial charge is 0.272 e. The van der Waals surface area contributed by atoms with Crippen molar-refractivity contribution in [3.63, 3.8) is 0 Å². The number of hydrogen-bond acceptors (Lipinski definition) is 2. The Morgan fingerprint density at radius 2 is 2.00 bits per heavy atom. The lowest BCUT2D eigenvalue weighted by Crippen LogP contribution is -1.88. The standard InChI is InChI=1S/C9H6F3NS/c10-5-2-1-4-3-6(9(11)12)14-8(4)7(5)13/h1-3,9H,13H2. The zero-order valence-electron chi connectivity index (χ0n) is 6.93. The van der Waals surface area contributed by atoms with Gasteiger partial charge < -0.3 is 5.73 Å². The summed E-state index contributed by atoms with van der Waals surface area (Å²) in [4.78, 5) is -0.0858. The molecule has 0 unspecified atom stereocenters. The van der Waals surface area contributed by atoms with Gasteiger partial charge in [-0.2, -0.15) is 0 Å². The Morgan fingerprint density at radius 1 is 1.29 bits per heavy atom. The summed E-state index contributed by atoms with van der Waals surface area (Å²) in [5.74, 6) is -0.569. The summed E-state index contributed by atoms with van der Waals surface area (Å²) in [6, 6.07) is 3.96. The molecule has 1 aromatic carbocycles. The van der Waals surface area contributed by atoms with Crippen molar-refractivity contribution in [2.24, 2.45) is 0 Å². The third-order valence-electron chi connectivity index (χ3n) is 1.91. The van der Waals surface area contributed by atoms with Crippen LogP contribution in [-0.2, 0) is 0 Å². The van der Waals surface area contributed by atoms with Crippen LogP contribution in [0, 0.1) is 5.82 Å². The Hall–Kier alpha value is -1.23. The number of fused-ring (bicyclic) bond motifs is 1. The van der Waals surface area contributed by atoms with Crippen molar-refractivity contribution in [3.05, 3.63) is 28.9 Å². The minimum Gasteiger partial charge on any atom is -0.395 e. The molecule has 0 spiro atoms. The van der Waals surface area contributed by atoms with Gasteiger partial charge in [0.2, 0.25) is 0 Å². The molecule has 0 saturated carbocycles. The molecule has 1 heterocycles. The van der Waals surface area contributed by atoms with E-state index in [1.165, 1.54) is 18.2 Å². The monoisotopic (exact) mass is 217 g/mol. The highest BCUT2D eigenvalue weighted by atomic mass is 32.1. The number of benzene rings is 1. The molecule has 0 saturated heterocycles. The van der Waals surface area contributed by atoms with Gasteiger partial charge in [-0.15, -0.1) is 11.3 Å². The average Bonchev–Trinajstić information content (AvgIpc) is 2.56. The van der Waals surface area contributed by atoms with E-state index in [1.807, 2.05) is 0 Å². The van der Waals surface area contributed by atoms with Crippen LogP contribution in [0.4, 0.5) is 18.9 Å². The van der Waals surface area contributed by atoms with Crippen LogP contribution in [-0.4, -0.2) is 0 Å². The van der Waals surface area contributed by atoms with Crippen LogP contribution < -0.4 is 5.73 Å². The van der Waals surface area contributed by atoms with Gasteiger partial charge in [0.05, 0.1) is 15.3 Å². The Bertz CT molecular complexity index is 478. The van der Waals surface area contributed by atoms with Crippen LogP contribution in [0.3, 0.4) is 0 Å². The lowest BCUT2D eigenvalue weighted by Gasteiger charge is -1.96. The van der Waals surface area contributed by atoms with Gasteiger partial charge >= 0.3 is 0 Å². The molecule has 2 rings (SSSR count). The van der Waals surface area contributed by atoms with Crippen LogP contribution in [0.15, 0.2) is 18.2 Å². The van der Waals surface area contributed by atoms with Crippen LogP contribution in [0.1, 0.15) is 11.3 Å². The molecule has 0 amide bonds. The molecule has 0 aliphatic rings. The van der Waals surface area contributed by atoms with Gasteiger partial charge in [-0.25, -0.2) is 13.2 Å². The van der Waals surface area contributed by atoms with Crippen molar-refractivity contribution in [2.45, 2.75) is 6.43 Å². The highest BCUT2D eigenvalue weighted by molar-refractivity contribution is 7.19. The van der Waals surface area contributed by atoms with E-state index in [4.69, 9.17) is 5.73 Å². The van der Waals surface area contributed by atoms with E-state index >= 15 is 0 Å². The van der Waals surface area contributed by atoms with E-state index in [9.17, 15) is 13.2 Å². The Balaban J connectivity index is 2.71. The maximum Gasteiger partial charge on any atom is 0.272 e. The minimum atomic E-state index is -2.53. The van der Waals surface area contributed by atoms with Crippen molar-refractivity contribution in [2.75, 3.05) is 5.73 Å². The molecule has 0 fully saturated rings. The molecular formula is C9H6F3NS. The van der Waals surface area contributed by atoms with Crippen molar-refractivity contribution < 1.29 is 13.2 Å². The van der Waals surface area contributed by atoms with Crippen LogP contribution in [0.5, 0.6) is 0 Å². The number of halogens is 3. The first-order valence-corrected chi connectivity index (χ1v) is 4.67. The second kappa shape index (κ2) is 3.16. The van der Waals surface area contributed by atoms with Gasteiger partial charge in [0.1, 0.15) is 5.82 Å². The van der Waals surface area contributed by atoms with Crippen LogP contribution >= 0.6 is 11.3 Å². The summed E-state index contributed by atoms with van der Waals surface area (Å²) in [6.45, 7) is 0. The van der Waals surface area contributed by atoms with E-state index in [2.05, 4.69) is 0 Å². The van der Waals surface area contributed by atoms with Crippen molar-refractivity contribution >= 4 is 27.1 Å². The molecule has 2 N–H and O–H groups in total. The maximum absolute atomic E-state index is 13.0. The normalized spacial score (nSPS) is 11.4. The Labute approximate surface area is 82.0 Å². The summed E-state index contributed by atoms with van der Waals surface area (Å²) in [5, 5.41) is 0.559. The second-order valence-corrected chi connectivity index (χ2v) is 3.91. The quantitative estimate of drug-likeness (QED) is 0.726. The van der Waals surface area contributed by atoms with Crippen molar-refractivity contribution in [1.82, 2.24) is 0 Å². The lowest BCUT2D eigenvalue weighted by molar-refractivity contribution is 0.156. The zero-order valence-corrected chi connectivity index (χ0v) is 7.75. The van der Waals surface area contributed by atoms with Gasteiger partial charge in [-0.3, -0.25) is 0 Å². The molecule has 1 aromatic heterocycles. The molecule has 0 aliphatic carbocycles. The van der Waals surface area contributed by atoms with E-state index in [0.717, 1.165) is 11.3 Å². The first kappa shape index (κ1) is 9.33. The predicted molar refractivity (Wildman–Crippen MR) is 51.2 cm³/mol. The summed E-state index contributed by atoms with van der Waals surface area (Å²) in [5.41, 5.74) is 5.37. The first-order valence-electron chi connectivity index (χ1n) is 3.85. The fourth-order valence-electron chi connectivity index (χ4n) is 1.23. The highest BCUT2D eigenvalue weighted by Crippen LogP contribution is 2.36. The minimum absolute atomic E-state index is 0.0561. The van der Waals surface area contributed by atoms with Crippen LogP contribution in [0.2, 0.25) is 0 Å². The molecule has 74 valence electrons. The number of nitrogens with two attached hydrogens (primary N) is 1. The molecule has 0 atom stereocenters. The SMILES string of the molecule is Nc1c(F)ccc2cc(C(F)F)sc12. The van der Waals surface area contributed by atoms with E-state index in [0.29, 0.717) is 10.1 Å². The number of hydrogen-bond donors (Lipinski definition) is 1. The highest BCUT2D eigenvalue weighted by Gasteiger charge is 2.14. The van der Waals surface area contributed by atoms with Crippen LogP contribution in [0.25, 0.3) is 10.1 Å². The van der Waals surface area contributed by atoms with E-state index < -0.39 is 12.2 Å². The van der Waals surface area contributed by atoms with Gasteiger partial charge in [-0.1, -0.05) is 6.07 Å². The zero-order chi connectivity index (χ0) is 10.3. The molecule has 0 aliphatic heterocycles. The molecule has 2 aromatic rings. The van der Waals surface area contributed by atoms with E-state index in [1.54, 1.807) is 0 Å².